The summed E-state index contributed by atoms with van der Waals surface area (Å²) in [5.74, 6) is 0. The molecule has 0 amide bonds. The lowest BCUT2D eigenvalue weighted by molar-refractivity contribution is -0.384. The van der Waals surface area contributed by atoms with Crippen molar-refractivity contribution in [1.82, 2.24) is 0 Å². The van der Waals surface area contributed by atoms with Gasteiger partial charge in [-0.05, 0) is 24.1 Å². The predicted molar refractivity (Wildman–Crippen MR) is 89.7 cm³/mol. The number of nitro benzene ring substituents is 1. The molecule has 2 aromatic rings. The Morgan fingerprint density at radius 3 is 2.43 bits per heavy atom. The first-order chi connectivity index (χ1) is 10.8. The summed E-state index contributed by atoms with van der Waals surface area (Å²) in [5.41, 5.74) is 0.228. The third-order valence-corrected chi connectivity index (χ3v) is 5.20. The smallest absolute Gasteiger partial charge is 0.278 e. The molecule has 1 N–H and O–H groups in total. The van der Waals surface area contributed by atoms with Gasteiger partial charge < -0.3 is 0 Å². The van der Waals surface area contributed by atoms with Crippen molar-refractivity contribution < 1.29 is 13.3 Å². The van der Waals surface area contributed by atoms with Gasteiger partial charge in [-0.3, -0.25) is 14.8 Å². The largest absolute Gasteiger partial charge is 0.289 e. The number of nitro groups is 1. The second-order valence-electron chi connectivity index (χ2n) is 4.61. The van der Waals surface area contributed by atoms with Gasteiger partial charge >= 0.3 is 0 Å². The fourth-order valence-corrected chi connectivity index (χ4v) is 3.89. The average molecular weight is 375 g/mol. The van der Waals surface area contributed by atoms with E-state index in [1.54, 1.807) is 18.2 Å². The average Bonchev–Trinajstić information content (AvgIpc) is 2.50. The highest BCUT2D eigenvalue weighted by molar-refractivity contribution is 7.92. The number of sulfonamides is 1. The molecule has 122 valence electrons. The van der Waals surface area contributed by atoms with Crippen molar-refractivity contribution in [2.24, 2.45) is 0 Å². The molecule has 2 aromatic carbocycles. The van der Waals surface area contributed by atoms with Gasteiger partial charge in [0.1, 0.15) is 5.02 Å². The number of hydrogen-bond donors (Lipinski definition) is 1. The molecule has 23 heavy (non-hydrogen) atoms. The van der Waals surface area contributed by atoms with Gasteiger partial charge in [-0.15, -0.1) is 0 Å². The molecule has 0 fully saturated rings. The van der Waals surface area contributed by atoms with Gasteiger partial charge in [0.2, 0.25) is 0 Å². The van der Waals surface area contributed by atoms with E-state index in [0.29, 0.717) is 12.0 Å². The van der Waals surface area contributed by atoms with Crippen LogP contribution in [0.2, 0.25) is 10.0 Å². The molecule has 6 nitrogen and oxygen atoms in total. The number of nitrogens with one attached hydrogen (secondary N) is 1. The lowest BCUT2D eigenvalue weighted by atomic mass is 10.2. The Balaban J connectivity index is 2.46. The van der Waals surface area contributed by atoms with E-state index in [0.717, 1.165) is 12.1 Å². The van der Waals surface area contributed by atoms with Gasteiger partial charge in [-0.2, -0.15) is 0 Å². The van der Waals surface area contributed by atoms with Crippen LogP contribution < -0.4 is 4.72 Å². The molecular formula is C14H12Cl2N2O4S. The number of hydrogen-bond acceptors (Lipinski definition) is 4. The van der Waals surface area contributed by atoms with Crippen molar-refractivity contribution in [1.29, 1.82) is 0 Å². The normalized spacial score (nSPS) is 11.3. The molecule has 2 rings (SSSR count). The van der Waals surface area contributed by atoms with Crippen LogP contribution in [-0.4, -0.2) is 13.3 Å². The molecule has 0 aliphatic rings. The van der Waals surface area contributed by atoms with E-state index in [-0.39, 0.29) is 20.6 Å². The number of aryl methyl sites for hydroxylation is 1. The zero-order valence-corrected chi connectivity index (χ0v) is 14.2. The highest BCUT2D eigenvalue weighted by Crippen LogP contribution is 2.35. The minimum atomic E-state index is -3.89. The van der Waals surface area contributed by atoms with Gasteiger partial charge in [0.05, 0.1) is 20.5 Å². The van der Waals surface area contributed by atoms with Crippen LogP contribution in [0, 0.1) is 10.1 Å². The van der Waals surface area contributed by atoms with E-state index in [1.807, 2.05) is 6.92 Å². The second-order valence-corrected chi connectivity index (χ2v) is 7.07. The third-order valence-electron chi connectivity index (χ3n) is 3.12. The summed E-state index contributed by atoms with van der Waals surface area (Å²) in [6, 6.07) is 8.66. The molecule has 0 aliphatic heterocycles. The maximum atomic E-state index is 12.5. The molecule has 0 spiro atoms. The molecule has 0 radical (unpaired) electrons. The standard InChI is InChI=1S/C14H12Cl2N2O4S/c1-2-9-5-3-4-6-14(9)23(21,22)17-12-7-11(16)13(18(19)20)8-10(12)15/h3-8,17H,2H2,1H3. The van der Waals surface area contributed by atoms with E-state index < -0.39 is 20.6 Å². The summed E-state index contributed by atoms with van der Waals surface area (Å²) >= 11 is 11.7. The molecule has 0 atom stereocenters. The topological polar surface area (TPSA) is 89.3 Å². The highest BCUT2D eigenvalue weighted by atomic mass is 35.5. The van der Waals surface area contributed by atoms with E-state index >= 15 is 0 Å². The van der Waals surface area contributed by atoms with Crippen LogP contribution in [0.4, 0.5) is 11.4 Å². The lowest BCUT2D eigenvalue weighted by Crippen LogP contribution is -2.15. The fraction of sp³-hybridized carbons (Fsp3) is 0.143. The van der Waals surface area contributed by atoms with Crippen LogP contribution >= 0.6 is 23.2 Å². The molecule has 0 unspecified atom stereocenters. The summed E-state index contributed by atoms with van der Waals surface area (Å²) in [4.78, 5) is 10.2. The molecule has 0 bridgehead atoms. The van der Waals surface area contributed by atoms with Crippen LogP contribution in [0.3, 0.4) is 0 Å². The summed E-state index contributed by atoms with van der Waals surface area (Å²) < 4.78 is 27.4. The van der Waals surface area contributed by atoms with Crippen LogP contribution in [0.1, 0.15) is 12.5 Å². The van der Waals surface area contributed by atoms with Crippen LogP contribution in [0.15, 0.2) is 41.3 Å². The molecule has 0 aliphatic carbocycles. The van der Waals surface area contributed by atoms with E-state index in [4.69, 9.17) is 23.2 Å². The van der Waals surface area contributed by atoms with Crippen molar-refractivity contribution in [2.45, 2.75) is 18.2 Å². The summed E-state index contributed by atoms with van der Waals surface area (Å²) in [5, 5.41) is 10.5. The van der Waals surface area contributed by atoms with E-state index in [2.05, 4.69) is 4.72 Å². The zero-order valence-electron chi connectivity index (χ0n) is 11.9. The molecule has 0 aromatic heterocycles. The monoisotopic (exact) mass is 374 g/mol. The maximum absolute atomic E-state index is 12.5. The first-order valence-electron chi connectivity index (χ1n) is 6.50. The number of benzene rings is 2. The summed E-state index contributed by atoms with van der Waals surface area (Å²) in [6.45, 7) is 1.84. The number of anilines is 1. The Morgan fingerprint density at radius 1 is 1.17 bits per heavy atom. The Bertz CT molecular complexity index is 869. The molecule has 0 saturated carbocycles. The van der Waals surface area contributed by atoms with Crippen LogP contribution in [0.5, 0.6) is 0 Å². The predicted octanol–water partition coefficient (Wildman–Crippen LogP) is 4.26. The van der Waals surface area contributed by atoms with Crippen molar-refractivity contribution >= 4 is 44.6 Å². The third kappa shape index (κ3) is 3.74. The van der Waals surface area contributed by atoms with Gasteiger partial charge in [-0.1, -0.05) is 48.3 Å². The fourth-order valence-electron chi connectivity index (χ4n) is 2.01. The van der Waals surface area contributed by atoms with Gasteiger partial charge in [0.15, 0.2) is 0 Å². The minimum absolute atomic E-state index is 0.0202. The summed E-state index contributed by atoms with van der Waals surface area (Å²) in [7, 11) is -3.89. The second kappa shape index (κ2) is 6.74. The number of halogens is 2. The van der Waals surface area contributed by atoms with Crippen LogP contribution in [0.25, 0.3) is 0 Å². The van der Waals surface area contributed by atoms with Gasteiger partial charge in [0.25, 0.3) is 15.7 Å². The first-order valence-corrected chi connectivity index (χ1v) is 8.74. The lowest BCUT2D eigenvalue weighted by Gasteiger charge is -2.12. The number of rotatable bonds is 5. The van der Waals surface area contributed by atoms with Crippen molar-refractivity contribution in [2.75, 3.05) is 4.72 Å². The highest BCUT2D eigenvalue weighted by Gasteiger charge is 2.22. The Hall–Kier alpha value is -1.83. The Kier molecular flexibility index (Phi) is 5.13. The minimum Gasteiger partial charge on any atom is -0.278 e. The van der Waals surface area contributed by atoms with Gasteiger partial charge in [0, 0.05) is 6.07 Å². The van der Waals surface area contributed by atoms with Gasteiger partial charge in [-0.25, -0.2) is 8.42 Å². The van der Waals surface area contributed by atoms with Crippen molar-refractivity contribution in [3.8, 4) is 0 Å². The van der Waals surface area contributed by atoms with Crippen molar-refractivity contribution in [3.63, 3.8) is 0 Å². The summed E-state index contributed by atoms with van der Waals surface area (Å²) in [6.07, 6.45) is 0.534. The molecule has 0 saturated heterocycles. The number of nitrogens with zero attached hydrogens (tertiary/aromatic N) is 1. The first kappa shape index (κ1) is 17.5. The Morgan fingerprint density at radius 2 is 1.83 bits per heavy atom. The van der Waals surface area contributed by atoms with Crippen LogP contribution in [-0.2, 0) is 16.4 Å². The maximum Gasteiger partial charge on any atom is 0.289 e. The molecule has 9 heteroatoms. The molecular weight excluding hydrogens is 363 g/mol. The quantitative estimate of drug-likeness (QED) is 0.624. The zero-order chi connectivity index (χ0) is 17.2. The SMILES string of the molecule is CCc1ccccc1S(=O)(=O)Nc1cc(Cl)c([N+](=O)[O-])cc1Cl. The molecule has 0 heterocycles. The van der Waals surface area contributed by atoms with E-state index in [1.165, 1.54) is 6.07 Å². The Labute approximate surface area is 143 Å². The van der Waals surface area contributed by atoms with Crippen molar-refractivity contribution in [3.05, 3.63) is 62.1 Å². The van der Waals surface area contributed by atoms with E-state index in [9.17, 15) is 18.5 Å².